The molecule has 96 valence electrons. The van der Waals surface area contributed by atoms with Crippen LogP contribution in [0.4, 0.5) is 0 Å². The number of ether oxygens (including phenoxy) is 1. The summed E-state index contributed by atoms with van der Waals surface area (Å²) < 4.78 is 5.55. The van der Waals surface area contributed by atoms with E-state index in [1.165, 1.54) is 0 Å². The smallest absolute Gasteiger partial charge is 0.0777 e. The van der Waals surface area contributed by atoms with Gasteiger partial charge in [-0.05, 0) is 32.2 Å². The van der Waals surface area contributed by atoms with E-state index in [2.05, 4.69) is 25.7 Å². The fraction of sp³-hybridized carbons (Fsp3) is 1.00. The number of likely N-dealkylation sites (tertiary alicyclic amines) is 1. The second-order valence-electron chi connectivity index (χ2n) is 5.45. The maximum Gasteiger partial charge on any atom is 0.0777 e. The van der Waals surface area contributed by atoms with E-state index >= 15 is 0 Å². The Morgan fingerprint density at radius 2 is 2.19 bits per heavy atom. The largest absolute Gasteiger partial charge is 0.392 e. The third kappa shape index (κ3) is 3.72. The van der Waals surface area contributed by atoms with Crippen LogP contribution in [0.3, 0.4) is 0 Å². The van der Waals surface area contributed by atoms with Crippen LogP contribution in [-0.2, 0) is 4.74 Å². The molecular formula is C13H27NO2. The molecule has 1 N–H and O–H groups in total. The van der Waals surface area contributed by atoms with Crippen LogP contribution < -0.4 is 0 Å². The normalized spacial score (nSPS) is 31.3. The number of β-amino-alcohol motifs (C(OH)–C–C–N with tert-alkyl or cyclic N) is 1. The van der Waals surface area contributed by atoms with E-state index in [-0.39, 0.29) is 11.7 Å². The summed E-state index contributed by atoms with van der Waals surface area (Å²) in [6.07, 6.45) is 3.12. The van der Waals surface area contributed by atoms with Crippen molar-refractivity contribution in [1.82, 2.24) is 4.90 Å². The summed E-state index contributed by atoms with van der Waals surface area (Å²) in [5.41, 5.74) is -0.0204. The van der Waals surface area contributed by atoms with Crippen molar-refractivity contribution in [3.8, 4) is 0 Å². The number of hydrogen-bond acceptors (Lipinski definition) is 3. The molecule has 1 rings (SSSR count). The summed E-state index contributed by atoms with van der Waals surface area (Å²) in [6.45, 7) is 9.22. The van der Waals surface area contributed by atoms with Gasteiger partial charge in [0.25, 0.3) is 0 Å². The van der Waals surface area contributed by atoms with Gasteiger partial charge in [-0.1, -0.05) is 20.3 Å². The van der Waals surface area contributed by atoms with Crippen LogP contribution in [0.5, 0.6) is 0 Å². The first-order valence-electron chi connectivity index (χ1n) is 6.46. The zero-order chi connectivity index (χ0) is 12.2. The number of rotatable bonds is 5. The van der Waals surface area contributed by atoms with Crippen molar-refractivity contribution in [3.05, 3.63) is 0 Å². The molecule has 0 aromatic carbocycles. The summed E-state index contributed by atoms with van der Waals surface area (Å²) in [7, 11) is 1.79. The van der Waals surface area contributed by atoms with Gasteiger partial charge in [-0.15, -0.1) is 0 Å². The highest BCUT2D eigenvalue weighted by Gasteiger charge is 2.31. The van der Waals surface area contributed by atoms with Crippen molar-refractivity contribution in [2.45, 2.75) is 51.7 Å². The van der Waals surface area contributed by atoms with E-state index in [1.807, 2.05) is 0 Å². The van der Waals surface area contributed by atoms with E-state index in [0.29, 0.717) is 5.92 Å². The molecule has 0 aliphatic carbocycles. The van der Waals surface area contributed by atoms with Crippen LogP contribution in [0, 0.1) is 5.92 Å². The summed E-state index contributed by atoms with van der Waals surface area (Å²) >= 11 is 0. The molecule has 3 unspecified atom stereocenters. The molecule has 0 bridgehead atoms. The van der Waals surface area contributed by atoms with Crippen LogP contribution in [0.2, 0.25) is 0 Å². The molecule has 3 atom stereocenters. The van der Waals surface area contributed by atoms with Crippen molar-refractivity contribution < 1.29 is 9.84 Å². The van der Waals surface area contributed by atoms with Crippen molar-refractivity contribution in [2.75, 3.05) is 26.7 Å². The van der Waals surface area contributed by atoms with Gasteiger partial charge in [0.15, 0.2) is 0 Å². The third-order valence-electron chi connectivity index (χ3n) is 3.98. The van der Waals surface area contributed by atoms with Gasteiger partial charge in [0.1, 0.15) is 0 Å². The lowest BCUT2D eigenvalue weighted by atomic mass is 9.93. The highest BCUT2D eigenvalue weighted by atomic mass is 16.5. The van der Waals surface area contributed by atoms with Gasteiger partial charge in [0.2, 0.25) is 0 Å². The van der Waals surface area contributed by atoms with Gasteiger partial charge in [-0.25, -0.2) is 0 Å². The Kier molecular flexibility index (Phi) is 5.22. The molecule has 1 heterocycles. The molecule has 1 aliphatic heterocycles. The van der Waals surface area contributed by atoms with Gasteiger partial charge < -0.3 is 9.84 Å². The van der Waals surface area contributed by atoms with E-state index < -0.39 is 0 Å². The Labute approximate surface area is 99.8 Å². The van der Waals surface area contributed by atoms with Crippen molar-refractivity contribution in [3.63, 3.8) is 0 Å². The molecular weight excluding hydrogens is 202 g/mol. The Hall–Kier alpha value is -0.120. The zero-order valence-corrected chi connectivity index (χ0v) is 11.2. The van der Waals surface area contributed by atoms with E-state index in [9.17, 15) is 5.11 Å². The summed E-state index contributed by atoms with van der Waals surface area (Å²) in [5, 5.41) is 10.0. The lowest BCUT2D eigenvalue weighted by Crippen LogP contribution is -2.50. The average molecular weight is 229 g/mol. The molecule has 0 amide bonds. The molecule has 16 heavy (non-hydrogen) atoms. The molecule has 1 saturated heterocycles. The van der Waals surface area contributed by atoms with Crippen LogP contribution in [0.25, 0.3) is 0 Å². The molecule has 3 heteroatoms. The average Bonchev–Trinajstić information content (AvgIpc) is 2.28. The highest BCUT2D eigenvalue weighted by Crippen LogP contribution is 2.24. The van der Waals surface area contributed by atoms with Crippen LogP contribution in [0.1, 0.15) is 40.0 Å². The molecule has 0 aromatic rings. The quantitative estimate of drug-likeness (QED) is 0.781. The first-order valence-corrected chi connectivity index (χ1v) is 6.46. The van der Waals surface area contributed by atoms with Crippen LogP contribution in [-0.4, -0.2) is 48.5 Å². The maximum absolute atomic E-state index is 10.0. The minimum Gasteiger partial charge on any atom is -0.392 e. The maximum atomic E-state index is 10.0. The van der Waals surface area contributed by atoms with Crippen molar-refractivity contribution >= 4 is 0 Å². The number of aliphatic hydroxyl groups is 1. The Balaban J connectivity index is 2.43. The van der Waals surface area contributed by atoms with E-state index in [4.69, 9.17) is 4.74 Å². The number of aliphatic hydroxyl groups excluding tert-OH is 1. The van der Waals surface area contributed by atoms with Gasteiger partial charge in [-0.3, -0.25) is 4.90 Å². The minimum absolute atomic E-state index is 0.0204. The number of nitrogens with zero attached hydrogens (tertiary/aromatic N) is 1. The van der Waals surface area contributed by atoms with Gasteiger partial charge in [0.05, 0.1) is 11.7 Å². The van der Waals surface area contributed by atoms with E-state index in [0.717, 1.165) is 38.9 Å². The first kappa shape index (κ1) is 13.9. The Bertz CT molecular complexity index is 210. The number of piperidine rings is 1. The summed E-state index contributed by atoms with van der Waals surface area (Å²) in [4.78, 5) is 2.34. The fourth-order valence-electron chi connectivity index (χ4n) is 2.35. The second-order valence-corrected chi connectivity index (χ2v) is 5.45. The molecule has 3 nitrogen and oxygen atoms in total. The minimum atomic E-state index is -0.204. The molecule has 1 fully saturated rings. The zero-order valence-electron chi connectivity index (χ0n) is 11.2. The topological polar surface area (TPSA) is 32.7 Å². The molecule has 0 radical (unpaired) electrons. The SMILES string of the molecule is CCC(C)C(O)CN1CCCC(C)(OC)C1. The standard InChI is InChI=1S/C13H27NO2/c1-5-11(2)12(15)9-14-8-6-7-13(3,10-14)16-4/h11-12,15H,5-10H2,1-4H3. The lowest BCUT2D eigenvalue weighted by Gasteiger charge is -2.40. The molecule has 1 aliphatic rings. The summed E-state index contributed by atoms with van der Waals surface area (Å²) in [6, 6.07) is 0. The Morgan fingerprint density at radius 1 is 1.50 bits per heavy atom. The molecule has 0 aromatic heterocycles. The van der Waals surface area contributed by atoms with Crippen LogP contribution >= 0.6 is 0 Å². The Morgan fingerprint density at radius 3 is 2.75 bits per heavy atom. The molecule has 0 spiro atoms. The van der Waals surface area contributed by atoms with Crippen molar-refractivity contribution in [2.24, 2.45) is 5.92 Å². The summed E-state index contributed by atoms with van der Waals surface area (Å²) in [5.74, 6) is 0.385. The van der Waals surface area contributed by atoms with Crippen molar-refractivity contribution in [1.29, 1.82) is 0 Å². The number of methoxy groups -OCH3 is 1. The monoisotopic (exact) mass is 229 g/mol. The number of hydrogen-bond donors (Lipinski definition) is 1. The predicted octanol–water partition coefficient (Wildman–Crippen LogP) is 1.89. The van der Waals surface area contributed by atoms with Gasteiger partial charge in [0, 0.05) is 20.2 Å². The highest BCUT2D eigenvalue weighted by molar-refractivity contribution is 4.85. The van der Waals surface area contributed by atoms with E-state index in [1.54, 1.807) is 7.11 Å². The predicted molar refractivity (Wildman–Crippen MR) is 66.5 cm³/mol. The van der Waals surface area contributed by atoms with Crippen LogP contribution in [0.15, 0.2) is 0 Å². The van der Waals surface area contributed by atoms with Gasteiger partial charge in [-0.2, -0.15) is 0 Å². The fourth-order valence-corrected chi connectivity index (χ4v) is 2.35. The second kappa shape index (κ2) is 5.99. The molecule has 0 saturated carbocycles. The first-order chi connectivity index (χ1) is 7.50. The lowest BCUT2D eigenvalue weighted by molar-refractivity contribution is -0.0619. The third-order valence-corrected chi connectivity index (χ3v) is 3.98. The van der Waals surface area contributed by atoms with Gasteiger partial charge >= 0.3 is 0 Å².